The van der Waals surface area contributed by atoms with Crippen molar-refractivity contribution in [1.82, 2.24) is 14.6 Å². The summed E-state index contributed by atoms with van der Waals surface area (Å²) >= 11 is 17.5. The van der Waals surface area contributed by atoms with Crippen molar-refractivity contribution in [2.24, 2.45) is 0 Å². The fourth-order valence-electron chi connectivity index (χ4n) is 2.06. The van der Waals surface area contributed by atoms with E-state index in [-0.39, 0.29) is 18.0 Å². The standard InChI is InChI=1S/C16H17Cl3N4O3S/c1-23(27(25,26)13-4-2-11(17)3-5-13)10-15(24)20-6-7-21-16-14(19)8-12(18)9-22-16/h2-5,8-9H,6-7,10H2,1H3,(H,20,24)(H,21,22). The Labute approximate surface area is 172 Å². The van der Waals surface area contributed by atoms with E-state index in [4.69, 9.17) is 34.8 Å². The highest BCUT2D eigenvalue weighted by atomic mass is 35.5. The molecule has 0 spiro atoms. The smallest absolute Gasteiger partial charge is 0.243 e. The van der Waals surface area contributed by atoms with E-state index in [0.29, 0.717) is 27.4 Å². The first-order chi connectivity index (χ1) is 12.7. The first-order valence-corrected chi connectivity index (χ1v) is 10.3. The molecule has 1 aromatic carbocycles. The second-order valence-corrected chi connectivity index (χ2v) is 8.80. The number of hydrogen-bond acceptors (Lipinski definition) is 5. The number of benzene rings is 1. The molecule has 1 amide bonds. The van der Waals surface area contributed by atoms with Gasteiger partial charge in [0.1, 0.15) is 5.82 Å². The molecule has 0 aliphatic heterocycles. The highest BCUT2D eigenvalue weighted by Gasteiger charge is 2.22. The molecule has 1 aromatic heterocycles. The summed E-state index contributed by atoms with van der Waals surface area (Å²) in [4.78, 5) is 16.1. The van der Waals surface area contributed by atoms with E-state index in [1.54, 1.807) is 6.07 Å². The number of halogens is 3. The zero-order valence-electron chi connectivity index (χ0n) is 14.2. The Balaban J connectivity index is 1.81. The molecule has 146 valence electrons. The zero-order chi connectivity index (χ0) is 20.0. The first-order valence-electron chi connectivity index (χ1n) is 7.73. The summed E-state index contributed by atoms with van der Waals surface area (Å²) in [6.07, 6.45) is 1.45. The van der Waals surface area contributed by atoms with Crippen molar-refractivity contribution in [2.45, 2.75) is 4.90 Å². The number of aromatic nitrogens is 1. The van der Waals surface area contributed by atoms with Gasteiger partial charge in [-0.15, -0.1) is 0 Å². The van der Waals surface area contributed by atoms with Crippen molar-refractivity contribution < 1.29 is 13.2 Å². The summed E-state index contributed by atoms with van der Waals surface area (Å²) in [6, 6.07) is 7.28. The second kappa shape index (κ2) is 9.57. The molecular weight excluding hydrogens is 435 g/mol. The Bertz CT molecular complexity index is 908. The number of amides is 1. The minimum absolute atomic E-state index is 0.0623. The number of hydrogen-bond donors (Lipinski definition) is 2. The summed E-state index contributed by atoms with van der Waals surface area (Å²) in [6.45, 7) is 0.299. The lowest BCUT2D eigenvalue weighted by Gasteiger charge is -2.17. The van der Waals surface area contributed by atoms with Gasteiger partial charge in [0.2, 0.25) is 15.9 Å². The van der Waals surface area contributed by atoms with Crippen LogP contribution in [0.25, 0.3) is 0 Å². The third-order valence-corrected chi connectivity index (χ3v) is 6.00. The van der Waals surface area contributed by atoms with Gasteiger partial charge in [0.15, 0.2) is 0 Å². The molecule has 2 N–H and O–H groups in total. The Hall–Kier alpha value is -1.58. The number of anilines is 1. The van der Waals surface area contributed by atoms with Crippen molar-refractivity contribution in [3.63, 3.8) is 0 Å². The Morgan fingerprint density at radius 2 is 1.78 bits per heavy atom. The molecule has 7 nitrogen and oxygen atoms in total. The van der Waals surface area contributed by atoms with Crippen LogP contribution in [0.15, 0.2) is 41.4 Å². The molecule has 2 aromatic rings. The molecule has 0 aliphatic carbocycles. The fraction of sp³-hybridized carbons (Fsp3) is 0.250. The van der Waals surface area contributed by atoms with Gasteiger partial charge in [-0.25, -0.2) is 13.4 Å². The monoisotopic (exact) mass is 450 g/mol. The van der Waals surface area contributed by atoms with Gasteiger partial charge < -0.3 is 10.6 Å². The average molecular weight is 452 g/mol. The lowest BCUT2D eigenvalue weighted by molar-refractivity contribution is -0.121. The summed E-state index contributed by atoms with van der Waals surface area (Å²) in [5.74, 6) is 0.00440. The SMILES string of the molecule is CN(CC(=O)NCCNc1ncc(Cl)cc1Cl)S(=O)(=O)c1ccc(Cl)cc1. The first kappa shape index (κ1) is 21.7. The molecule has 0 saturated carbocycles. The Morgan fingerprint density at radius 3 is 2.41 bits per heavy atom. The Kier molecular flexibility index (Phi) is 7.69. The van der Waals surface area contributed by atoms with Crippen LogP contribution in [0.4, 0.5) is 5.82 Å². The van der Waals surface area contributed by atoms with Gasteiger partial charge >= 0.3 is 0 Å². The topological polar surface area (TPSA) is 91.4 Å². The lowest BCUT2D eigenvalue weighted by Crippen LogP contribution is -2.39. The van der Waals surface area contributed by atoms with Crippen LogP contribution in [0, 0.1) is 0 Å². The molecule has 27 heavy (non-hydrogen) atoms. The molecule has 0 unspecified atom stereocenters. The molecular formula is C16H17Cl3N4O3S. The molecule has 2 rings (SSSR count). The third-order valence-electron chi connectivity index (χ3n) is 3.44. The summed E-state index contributed by atoms with van der Waals surface area (Å²) < 4.78 is 25.8. The van der Waals surface area contributed by atoms with E-state index in [9.17, 15) is 13.2 Å². The number of carbonyl (C=O) groups excluding carboxylic acids is 1. The van der Waals surface area contributed by atoms with Gasteiger partial charge in [0, 0.05) is 31.4 Å². The molecule has 0 aliphatic rings. The highest BCUT2D eigenvalue weighted by Crippen LogP contribution is 2.22. The number of sulfonamides is 1. The maximum Gasteiger partial charge on any atom is 0.243 e. The molecule has 0 atom stereocenters. The van der Waals surface area contributed by atoms with Gasteiger partial charge in [0.05, 0.1) is 21.5 Å². The van der Waals surface area contributed by atoms with E-state index >= 15 is 0 Å². The van der Waals surface area contributed by atoms with Crippen molar-refractivity contribution in [1.29, 1.82) is 0 Å². The summed E-state index contributed by atoms with van der Waals surface area (Å²) in [7, 11) is -2.44. The molecule has 0 fully saturated rings. The maximum atomic E-state index is 12.4. The molecule has 1 heterocycles. The van der Waals surface area contributed by atoms with Gasteiger partial charge in [-0.3, -0.25) is 4.79 Å². The van der Waals surface area contributed by atoms with Gasteiger partial charge in [0.25, 0.3) is 0 Å². The van der Waals surface area contributed by atoms with Crippen LogP contribution in [0.5, 0.6) is 0 Å². The largest absolute Gasteiger partial charge is 0.367 e. The average Bonchev–Trinajstić information content (AvgIpc) is 2.60. The number of pyridine rings is 1. The zero-order valence-corrected chi connectivity index (χ0v) is 17.3. The number of likely N-dealkylation sites (N-methyl/N-ethyl adjacent to an activating group) is 1. The number of carbonyl (C=O) groups is 1. The van der Waals surface area contributed by atoms with Crippen molar-refractivity contribution in [3.8, 4) is 0 Å². The number of rotatable bonds is 8. The van der Waals surface area contributed by atoms with E-state index in [0.717, 1.165) is 4.31 Å². The minimum atomic E-state index is -3.78. The normalized spacial score (nSPS) is 11.4. The number of nitrogens with zero attached hydrogens (tertiary/aromatic N) is 2. The van der Waals surface area contributed by atoms with Crippen LogP contribution in [-0.2, 0) is 14.8 Å². The fourth-order valence-corrected chi connectivity index (χ4v) is 3.76. The van der Waals surface area contributed by atoms with Crippen LogP contribution in [-0.4, -0.2) is 50.3 Å². The summed E-state index contributed by atoms with van der Waals surface area (Å²) in [5, 5.41) is 6.78. The van der Waals surface area contributed by atoms with Gasteiger partial charge in [-0.1, -0.05) is 34.8 Å². The predicted octanol–water partition coefficient (Wildman–Crippen LogP) is 2.89. The molecule has 0 radical (unpaired) electrons. The minimum Gasteiger partial charge on any atom is -0.367 e. The number of nitrogens with one attached hydrogen (secondary N) is 2. The van der Waals surface area contributed by atoms with Gasteiger partial charge in [-0.05, 0) is 30.3 Å². The van der Waals surface area contributed by atoms with E-state index < -0.39 is 15.9 Å². The van der Waals surface area contributed by atoms with E-state index in [1.165, 1.54) is 37.5 Å². The predicted molar refractivity (Wildman–Crippen MR) is 107 cm³/mol. The highest BCUT2D eigenvalue weighted by molar-refractivity contribution is 7.89. The second-order valence-electron chi connectivity index (χ2n) is 5.48. The quantitative estimate of drug-likeness (QED) is 0.602. The molecule has 0 saturated heterocycles. The van der Waals surface area contributed by atoms with Crippen molar-refractivity contribution >= 4 is 56.6 Å². The van der Waals surface area contributed by atoms with Crippen LogP contribution < -0.4 is 10.6 Å². The van der Waals surface area contributed by atoms with Crippen molar-refractivity contribution in [3.05, 3.63) is 51.6 Å². The van der Waals surface area contributed by atoms with Crippen LogP contribution in [0.3, 0.4) is 0 Å². The maximum absolute atomic E-state index is 12.4. The lowest BCUT2D eigenvalue weighted by atomic mass is 10.4. The van der Waals surface area contributed by atoms with Crippen LogP contribution in [0.1, 0.15) is 0 Å². The summed E-state index contributed by atoms with van der Waals surface area (Å²) in [5.41, 5.74) is 0. The molecule has 11 heteroatoms. The van der Waals surface area contributed by atoms with Crippen LogP contribution >= 0.6 is 34.8 Å². The van der Waals surface area contributed by atoms with Gasteiger partial charge in [-0.2, -0.15) is 4.31 Å². The third kappa shape index (κ3) is 6.22. The van der Waals surface area contributed by atoms with E-state index in [1.807, 2.05) is 0 Å². The Morgan fingerprint density at radius 1 is 1.11 bits per heavy atom. The van der Waals surface area contributed by atoms with E-state index in [2.05, 4.69) is 15.6 Å². The van der Waals surface area contributed by atoms with Crippen molar-refractivity contribution in [2.75, 3.05) is 32.0 Å². The van der Waals surface area contributed by atoms with Crippen LogP contribution in [0.2, 0.25) is 15.1 Å². The molecule has 0 bridgehead atoms.